The fourth-order valence-corrected chi connectivity index (χ4v) is 2.23. The van der Waals surface area contributed by atoms with Crippen LogP contribution in [0.5, 0.6) is 0 Å². The summed E-state index contributed by atoms with van der Waals surface area (Å²) in [7, 11) is 0. The summed E-state index contributed by atoms with van der Waals surface area (Å²) in [4.78, 5) is 13.5. The van der Waals surface area contributed by atoms with Crippen LogP contribution < -0.4 is 0 Å². The number of allylic oxidation sites excluding steroid dienone is 2. The molecular formula is C11H17NO3. The van der Waals surface area contributed by atoms with Gasteiger partial charge in [-0.25, -0.2) is 0 Å². The zero-order chi connectivity index (χ0) is 10.8. The van der Waals surface area contributed by atoms with Crippen LogP contribution in [-0.4, -0.2) is 46.3 Å². The summed E-state index contributed by atoms with van der Waals surface area (Å²) >= 11 is 0. The van der Waals surface area contributed by atoms with Gasteiger partial charge in [0.25, 0.3) is 0 Å². The third-order valence-electron chi connectivity index (χ3n) is 3.19. The first kappa shape index (κ1) is 10.6. The summed E-state index contributed by atoms with van der Waals surface area (Å²) < 4.78 is 0. The van der Waals surface area contributed by atoms with E-state index in [-0.39, 0.29) is 24.9 Å². The van der Waals surface area contributed by atoms with Crippen LogP contribution in [-0.2, 0) is 4.79 Å². The normalized spacial score (nSPS) is 35.9. The van der Waals surface area contributed by atoms with Crippen molar-refractivity contribution < 1.29 is 15.0 Å². The Kier molecular flexibility index (Phi) is 3.07. The Bertz CT molecular complexity index is 267. The summed E-state index contributed by atoms with van der Waals surface area (Å²) in [5.41, 5.74) is 0. The number of carbonyl (C=O) groups excluding carboxylic acids is 1. The zero-order valence-electron chi connectivity index (χ0n) is 8.67. The molecule has 0 spiro atoms. The van der Waals surface area contributed by atoms with E-state index in [2.05, 4.69) is 6.08 Å². The van der Waals surface area contributed by atoms with Crippen LogP contribution >= 0.6 is 0 Å². The molecule has 0 aromatic heterocycles. The van der Waals surface area contributed by atoms with Gasteiger partial charge in [-0.15, -0.1) is 0 Å². The number of β-amino-alcohol motifs (C(OH)–C–C–N with tert-alkyl or cyclic N) is 2. The van der Waals surface area contributed by atoms with Crippen molar-refractivity contribution in [3.63, 3.8) is 0 Å². The standard InChI is InChI=1S/C11H17NO3/c13-9-6-12(7-10(9)14)11(15)8-4-2-1-3-5-8/h1-2,8-10,13-14H,3-7H2/t8?,9-,10+. The van der Waals surface area contributed by atoms with Crippen molar-refractivity contribution in [2.75, 3.05) is 13.1 Å². The van der Waals surface area contributed by atoms with Crippen molar-refractivity contribution >= 4 is 5.91 Å². The number of amides is 1. The van der Waals surface area contributed by atoms with Crippen molar-refractivity contribution in [1.29, 1.82) is 0 Å². The molecule has 84 valence electrons. The Labute approximate surface area is 89.2 Å². The number of carbonyl (C=O) groups is 1. The molecule has 0 aromatic carbocycles. The maximum Gasteiger partial charge on any atom is 0.226 e. The molecule has 1 heterocycles. The Morgan fingerprint density at radius 1 is 1.20 bits per heavy atom. The van der Waals surface area contributed by atoms with Crippen LogP contribution in [0.15, 0.2) is 12.2 Å². The molecule has 4 nitrogen and oxygen atoms in total. The molecule has 0 bridgehead atoms. The van der Waals surface area contributed by atoms with Gasteiger partial charge >= 0.3 is 0 Å². The molecule has 1 aliphatic heterocycles. The molecule has 0 aromatic rings. The molecule has 1 aliphatic carbocycles. The van der Waals surface area contributed by atoms with Crippen LogP contribution in [0.4, 0.5) is 0 Å². The number of rotatable bonds is 1. The maximum absolute atomic E-state index is 12.0. The highest BCUT2D eigenvalue weighted by Crippen LogP contribution is 2.22. The van der Waals surface area contributed by atoms with Gasteiger partial charge in [0.1, 0.15) is 0 Å². The lowest BCUT2D eigenvalue weighted by atomic mass is 9.93. The van der Waals surface area contributed by atoms with Crippen molar-refractivity contribution in [3.8, 4) is 0 Å². The molecule has 1 amide bonds. The van der Waals surface area contributed by atoms with Gasteiger partial charge < -0.3 is 15.1 Å². The molecule has 1 unspecified atom stereocenters. The van der Waals surface area contributed by atoms with Crippen molar-refractivity contribution in [3.05, 3.63) is 12.2 Å². The minimum absolute atomic E-state index is 0.0486. The minimum atomic E-state index is -0.770. The Balaban J connectivity index is 1.94. The van der Waals surface area contributed by atoms with E-state index in [9.17, 15) is 15.0 Å². The van der Waals surface area contributed by atoms with Gasteiger partial charge in [-0.3, -0.25) is 4.79 Å². The highest BCUT2D eigenvalue weighted by Gasteiger charge is 2.35. The van der Waals surface area contributed by atoms with Gasteiger partial charge in [0.15, 0.2) is 0 Å². The molecule has 4 heteroatoms. The molecule has 2 N–H and O–H groups in total. The lowest BCUT2D eigenvalue weighted by molar-refractivity contribution is -0.135. The fourth-order valence-electron chi connectivity index (χ4n) is 2.23. The number of aliphatic hydroxyl groups is 2. The van der Waals surface area contributed by atoms with E-state index in [1.165, 1.54) is 0 Å². The first-order valence-electron chi connectivity index (χ1n) is 5.48. The highest BCUT2D eigenvalue weighted by atomic mass is 16.3. The lowest BCUT2D eigenvalue weighted by Crippen LogP contribution is -2.35. The predicted octanol–water partition coefficient (Wildman–Crippen LogP) is -0.0933. The first-order valence-corrected chi connectivity index (χ1v) is 5.48. The third kappa shape index (κ3) is 2.21. The number of hydrogen-bond acceptors (Lipinski definition) is 3. The number of likely N-dealkylation sites (tertiary alicyclic amines) is 1. The van der Waals surface area contributed by atoms with Gasteiger partial charge in [0.2, 0.25) is 5.91 Å². The minimum Gasteiger partial charge on any atom is -0.388 e. The molecule has 3 atom stereocenters. The second-order valence-electron chi connectivity index (χ2n) is 4.36. The topological polar surface area (TPSA) is 60.8 Å². The van der Waals surface area contributed by atoms with E-state index in [0.717, 1.165) is 19.3 Å². The van der Waals surface area contributed by atoms with Crippen LogP contribution in [0.25, 0.3) is 0 Å². The Morgan fingerprint density at radius 2 is 1.87 bits per heavy atom. The molecule has 0 saturated carbocycles. The maximum atomic E-state index is 12.0. The quantitative estimate of drug-likeness (QED) is 0.596. The van der Waals surface area contributed by atoms with Gasteiger partial charge in [-0.1, -0.05) is 12.2 Å². The number of aliphatic hydroxyl groups excluding tert-OH is 2. The van der Waals surface area contributed by atoms with Crippen molar-refractivity contribution in [2.45, 2.75) is 31.5 Å². The molecule has 1 fully saturated rings. The van der Waals surface area contributed by atoms with Crippen LogP contribution in [0.3, 0.4) is 0 Å². The average Bonchev–Trinajstić information content (AvgIpc) is 2.59. The van der Waals surface area contributed by atoms with E-state index in [1.807, 2.05) is 6.08 Å². The smallest absolute Gasteiger partial charge is 0.226 e. The summed E-state index contributed by atoms with van der Waals surface area (Å²) in [6.07, 6.45) is 5.22. The van der Waals surface area contributed by atoms with Crippen LogP contribution in [0, 0.1) is 5.92 Å². The largest absolute Gasteiger partial charge is 0.388 e. The number of nitrogens with zero attached hydrogens (tertiary/aromatic N) is 1. The van der Waals surface area contributed by atoms with E-state index >= 15 is 0 Å². The fraction of sp³-hybridized carbons (Fsp3) is 0.727. The second kappa shape index (κ2) is 4.33. The summed E-state index contributed by atoms with van der Waals surface area (Å²) in [6, 6.07) is 0. The van der Waals surface area contributed by atoms with Gasteiger partial charge in [-0.05, 0) is 19.3 Å². The summed E-state index contributed by atoms with van der Waals surface area (Å²) in [6.45, 7) is 0.556. The summed E-state index contributed by atoms with van der Waals surface area (Å²) in [5, 5.41) is 18.7. The van der Waals surface area contributed by atoms with Crippen molar-refractivity contribution in [1.82, 2.24) is 4.90 Å². The lowest BCUT2D eigenvalue weighted by Gasteiger charge is -2.23. The van der Waals surface area contributed by atoms with E-state index in [4.69, 9.17) is 0 Å². The zero-order valence-corrected chi connectivity index (χ0v) is 8.67. The van der Waals surface area contributed by atoms with E-state index in [0.29, 0.717) is 0 Å². The van der Waals surface area contributed by atoms with E-state index < -0.39 is 12.2 Å². The second-order valence-corrected chi connectivity index (χ2v) is 4.36. The molecule has 2 rings (SSSR count). The molecule has 15 heavy (non-hydrogen) atoms. The van der Waals surface area contributed by atoms with Crippen LogP contribution in [0.1, 0.15) is 19.3 Å². The highest BCUT2D eigenvalue weighted by molar-refractivity contribution is 5.79. The van der Waals surface area contributed by atoms with E-state index in [1.54, 1.807) is 4.90 Å². The average molecular weight is 211 g/mol. The van der Waals surface area contributed by atoms with Crippen molar-refractivity contribution in [2.24, 2.45) is 5.92 Å². The van der Waals surface area contributed by atoms with Gasteiger partial charge in [0.05, 0.1) is 12.2 Å². The predicted molar refractivity (Wildman–Crippen MR) is 55.1 cm³/mol. The van der Waals surface area contributed by atoms with Gasteiger partial charge in [-0.2, -0.15) is 0 Å². The third-order valence-corrected chi connectivity index (χ3v) is 3.19. The van der Waals surface area contributed by atoms with Gasteiger partial charge in [0, 0.05) is 19.0 Å². The monoisotopic (exact) mass is 211 g/mol. The Hall–Kier alpha value is -0.870. The Morgan fingerprint density at radius 3 is 2.40 bits per heavy atom. The summed E-state index contributed by atoms with van der Waals surface area (Å²) in [5.74, 6) is 0.127. The SMILES string of the molecule is O=C(C1CC=CCC1)N1C[C@@H](O)[C@@H](O)C1. The molecule has 0 radical (unpaired) electrons. The first-order chi connectivity index (χ1) is 7.18. The molecular weight excluding hydrogens is 194 g/mol. The van der Waals surface area contributed by atoms with Crippen LogP contribution in [0.2, 0.25) is 0 Å². The molecule has 1 saturated heterocycles. The molecule has 2 aliphatic rings. The number of hydrogen-bond donors (Lipinski definition) is 2.